The first-order chi connectivity index (χ1) is 7.50. The highest BCUT2D eigenvalue weighted by Crippen LogP contribution is 2.08. The number of nitrogens with zero attached hydrogens (tertiary/aromatic N) is 2. The minimum atomic E-state index is -0.624. The summed E-state index contributed by atoms with van der Waals surface area (Å²) in [5.74, 6) is 0.434. The molecule has 3 N–H and O–H groups in total. The maximum atomic E-state index is 11.7. The molecule has 0 saturated carbocycles. The molecule has 16 heavy (non-hydrogen) atoms. The molecule has 1 rings (SSSR count). The van der Waals surface area contributed by atoms with Crippen LogP contribution in [-0.4, -0.2) is 22.2 Å². The van der Waals surface area contributed by atoms with Crippen LogP contribution in [0.1, 0.15) is 31.9 Å². The van der Waals surface area contributed by atoms with Crippen molar-refractivity contribution in [1.82, 2.24) is 15.1 Å². The summed E-state index contributed by atoms with van der Waals surface area (Å²) < 4.78 is 1.64. The smallest absolute Gasteiger partial charge is 0.241 e. The normalized spacial score (nSPS) is 12.8. The molecule has 1 amide bonds. The number of carbonyl (C=O) groups is 1. The Morgan fingerprint density at radius 3 is 2.81 bits per heavy atom. The zero-order chi connectivity index (χ0) is 12.1. The molecule has 1 atom stereocenters. The topological polar surface area (TPSA) is 72.9 Å². The molecule has 0 aliphatic carbocycles. The van der Waals surface area contributed by atoms with Crippen LogP contribution < -0.4 is 11.1 Å². The van der Waals surface area contributed by atoms with Gasteiger partial charge in [-0.1, -0.05) is 13.8 Å². The van der Waals surface area contributed by atoms with Crippen LogP contribution in [0.3, 0.4) is 0 Å². The molecule has 0 aliphatic rings. The number of carbonyl (C=O) groups excluding carboxylic acids is 1. The Labute approximate surface area is 96.0 Å². The second-order valence-electron chi connectivity index (χ2n) is 4.40. The Balaban J connectivity index is 2.42. The van der Waals surface area contributed by atoms with Gasteiger partial charge in [-0.25, -0.2) is 0 Å². The van der Waals surface area contributed by atoms with Gasteiger partial charge < -0.3 is 11.1 Å². The Morgan fingerprint density at radius 1 is 1.62 bits per heavy atom. The van der Waals surface area contributed by atoms with Crippen LogP contribution >= 0.6 is 0 Å². The van der Waals surface area contributed by atoms with E-state index in [0.717, 1.165) is 12.0 Å². The van der Waals surface area contributed by atoms with E-state index in [9.17, 15) is 4.79 Å². The average molecular weight is 224 g/mol. The minimum Gasteiger partial charge on any atom is -0.354 e. The van der Waals surface area contributed by atoms with Gasteiger partial charge in [-0.05, 0) is 12.3 Å². The number of hydrogen-bond donors (Lipinski definition) is 2. The molecular weight excluding hydrogens is 204 g/mol. The van der Waals surface area contributed by atoms with Crippen molar-refractivity contribution < 1.29 is 4.79 Å². The number of hydrogen-bond acceptors (Lipinski definition) is 3. The number of rotatable bonds is 5. The standard InChI is InChI=1S/C11H20N4O/c1-8(2)4-5-13-11(16)10(12)9-6-14-15(3)7-9/h6-8,10H,4-5,12H2,1-3H3,(H,13,16). The van der Waals surface area contributed by atoms with Crippen LogP contribution in [0.25, 0.3) is 0 Å². The molecular formula is C11H20N4O. The van der Waals surface area contributed by atoms with Crippen molar-refractivity contribution in [3.8, 4) is 0 Å². The number of aryl methyl sites for hydroxylation is 1. The summed E-state index contributed by atoms with van der Waals surface area (Å²) >= 11 is 0. The Kier molecular flexibility index (Phi) is 4.49. The van der Waals surface area contributed by atoms with Gasteiger partial charge in [-0.2, -0.15) is 5.10 Å². The van der Waals surface area contributed by atoms with E-state index in [4.69, 9.17) is 5.73 Å². The van der Waals surface area contributed by atoms with Crippen LogP contribution in [-0.2, 0) is 11.8 Å². The van der Waals surface area contributed by atoms with E-state index < -0.39 is 6.04 Å². The lowest BCUT2D eigenvalue weighted by atomic mass is 10.1. The molecule has 0 fully saturated rings. The number of nitrogens with one attached hydrogen (secondary N) is 1. The first kappa shape index (κ1) is 12.7. The van der Waals surface area contributed by atoms with Crippen molar-refractivity contribution >= 4 is 5.91 Å². The third-order valence-electron chi connectivity index (χ3n) is 2.39. The summed E-state index contributed by atoms with van der Waals surface area (Å²) in [7, 11) is 1.80. The molecule has 0 saturated heterocycles. The van der Waals surface area contributed by atoms with Crippen LogP contribution in [0.15, 0.2) is 12.4 Å². The van der Waals surface area contributed by atoms with Gasteiger partial charge in [0.1, 0.15) is 6.04 Å². The predicted octanol–water partition coefficient (Wildman–Crippen LogP) is 0.582. The summed E-state index contributed by atoms with van der Waals surface area (Å²) in [6.07, 6.45) is 4.34. The van der Waals surface area contributed by atoms with Crippen LogP contribution in [0.4, 0.5) is 0 Å². The molecule has 1 aromatic rings. The highest BCUT2D eigenvalue weighted by atomic mass is 16.2. The summed E-state index contributed by atoms with van der Waals surface area (Å²) in [6, 6.07) is -0.624. The molecule has 0 aromatic carbocycles. The average Bonchev–Trinajstić information content (AvgIpc) is 2.63. The zero-order valence-corrected chi connectivity index (χ0v) is 10.1. The Hall–Kier alpha value is -1.36. The van der Waals surface area contributed by atoms with Crippen LogP contribution in [0, 0.1) is 5.92 Å². The molecule has 0 aliphatic heterocycles. The lowest BCUT2D eigenvalue weighted by molar-refractivity contribution is -0.122. The zero-order valence-electron chi connectivity index (χ0n) is 10.1. The van der Waals surface area contributed by atoms with Gasteiger partial charge in [-0.3, -0.25) is 9.48 Å². The van der Waals surface area contributed by atoms with E-state index in [1.54, 1.807) is 24.1 Å². The molecule has 0 spiro atoms. The first-order valence-corrected chi connectivity index (χ1v) is 5.52. The van der Waals surface area contributed by atoms with E-state index in [2.05, 4.69) is 24.3 Å². The van der Waals surface area contributed by atoms with Crippen molar-refractivity contribution in [2.45, 2.75) is 26.3 Å². The van der Waals surface area contributed by atoms with E-state index in [0.29, 0.717) is 12.5 Å². The van der Waals surface area contributed by atoms with Crippen LogP contribution in [0.2, 0.25) is 0 Å². The van der Waals surface area contributed by atoms with Gasteiger partial charge in [0.05, 0.1) is 6.20 Å². The SMILES string of the molecule is CC(C)CCNC(=O)C(N)c1cnn(C)c1. The molecule has 5 nitrogen and oxygen atoms in total. The second-order valence-corrected chi connectivity index (χ2v) is 4.40. The van der Waals surface area contributed by atoms with E-state index in [1.807, 2.05) is 0 Å². The number of nitrogens with two attached hydrogens (primary N) is 1. The minimum absolute atomic E-state index is 0.145. The predicted molar refractivity (Wildman–Crippen MR) is 62.6 cm³/mol. The van der Waals surface area contributed by atoms with E-state index >= 15 is 0 Å². The third kappa shape index (κ3) is 3.66. The largest absolute Gasteiger partial charge is 0.354 e. The van der Waals surface area contributed by atoms with Crippen molar-refractivity contribution in [2.75, 3.05) is 6.54 Å². The molecule has 1 aromatic heterocycles. The van der Waals surface area contributed by atoms with Gasteiger partial charge in [0, 0.05) is 25.4 Å². The summed E-state index contributed by atoms with van der Waals surface area (Å²) in [5, 5.41) is 6.81. The van der Waals surface area contributed by atoms with Gasteiger partial charge >= 0.3 is 0 Å². The molecule has 1 unspecified atom stereocenters. The van der Waals surface area contributed by atoms with Crippen molar-refractivity contribution in [3.63, 3.8) is 0 Å². The van der Waals surface area contributed by atoms with Gasteiger partial charge in [0.2, 0.25) is 5.91 Å². The Morgan fingerprint density at radius 2 is 2.31 bits per heavy atom. The third-order valence-corrected chi connectivity index (χ3v) is 2.39. The molecule has 0 radical (unpaired) electrons. The lowest BCUT2D eigenvalue weighted by Gasteiger charge is -2.11. The Bertz CT molecular complexity index is 346. The van der Waals surface area contributed by atoms with Gasteiger partial charge in [0.25, 0.3) is 0 Å². The quantitative estimate of drug-likeness (QED) is 0.768. The van der Waals surface area contributed by atoms with Crippen molar-refractivity contribution in [2.24, 2.45) is 18.7 Å². The maximum Gasteiger partial charge on any atom is 0.241 e. The summed E-state index contributed by atoms with van der Waals surface area (Å²) in [4.78, 5) is 11.7. The summed E-state index contributed by atoms with van der Waals surface area (Å²) in [6.45, 7) is 4.91. The van der Waals surface area contributed by atoms with Gasteiger partial charge in [-0.15, -0.1) is 0 Å². The van der Waals surface area contributed by atoms with E-state index in [1.165, 1.54) is 0 Å². The van der Waals surface area contributed by atoms with Crippen molar-refractivity contribution in [3.05, 3.63) is 18.0 Å². The van der Waals surface area contributed by atoms with Crippen LogP contribution in [0.5, 0.6) is 0 Å². The fourth-order valence-corrected chi connectivity index (χ4v) is 1.35. The number of aromatic nitrogens is 2. The highest BCUT2D eigenvalue weighted by molar-refractivity contribution is 5.82. The van der Waals surface area contributed by atoms with Gasteiger partial charge in [0.15, 0.2) is 0 Å². The molecule has 90 valence electrons. The monoisotopic (exact) mass is 224 g/mol. The molecule has 5 heteroatoms. The maximum absolute atomic E-state index is 11.7. The molecule has 0 bridgehead atoms. The lowest BCUT2D eigenvalue weighted by Crippen LogP contribution is -2.34. The first-order valence-electron chi connectivity index (χ1n) is 5.52. The highest BCUT2D eigenvalue weighted by Gasteiger charge is 2.16. The van der Waals surface area contributed by atoms with Crippen molar-refractivity contribution in [1.29, 1.82) is 0 Å². The second kappa shape index (κ2) is 5.65. The fraction of sp³-hybridized carbons (Fsp3) is 0.636. The van der Waals surface area contributed by atoms with E-state index in [-0.39, 0.29) is 5.91 Å². The number of amides is 1. The summed E-state index contributed by atoms with van der Waals surface area (Å²) in [5.41, 5.74) is 6.54. The fourth-order valence-electron chi connectivity index (χ4n) is 1.35. The molecule has 1 heterocycles.